The fourth-order valence-corrected chi connectivity index (χ4v) is 3.21. The summed E-state index contributed by atoms with van der Waals surface area (Å²) in [5.74, 6) is 0.714. The van der Waals surface area contributed by atoms with Crippen LogP contribution in [0.5, 0.6) is 0 Å². The Balaban J connectivity index is 1.51. The van der Waals surface area contributed by atoms with Crippen molar-refractivity contribution in [3.63, 3.8) is 0 Å². The summed E-state index contributed by atoms with van der Waals surface area (Å²) in [6, 6.07) is 4.17. The van der Waals surface area contributed by atoms with Gasteiger partial charge in [0.15, 0.2) is 0 Å². The normalized spacial score (nSPS) is 19.0. The van der Waals surface area contributed by atoms with E-state index in [-0.39, 0.29) is 0 Å². The number of nitrogens with zero attached hydrogens (tertiary/aromatic N) is 4. The third kappa shape index (κ3) is 2.81. The Morgan fingerprint density at radius 1 is 1.14 bits per heavy atom. The van der Waals surface area contributed by atoms with E-state index in [1.807, 2.05) is 18.5 Å². The van der Waals surface area contributed by atoms with Crippen LogP contribution >= 0.6 is 0 Å². The van der Waals surface area contributed by atoms with E-state index < -0.39 is 0 Å². The molecule has 0 spiro atoms. The van der Waals surface area contributed by atoms with E-state index in [1.54, 1.807) is 6.33 Å². The fourth-order valence-electron chi connectivity index (χ4n) is 3.21. The summed E-state index contributed by atoms with van der Waals surface area (Å²) in [6.45, 7) is 3.14. The Hall–Kier alpha value is -1.81. The monoisotopic (exact) mass is 280 g/mol. The van der Waals surface area contributed by atoms with Gasteiger partial charge >= 0.3 is 0 Å². The van der Waals surface area contributed by atoms with Crippen molar-refractivity contribution in [2.75, 3.05) is 13.1 Å². The molecule has 2 aromatic heterocycles. The zero-order valence-corrected chi connectivity index (χ0v) is 12.2. The van der Waals surface area contributed by atoms with Gasteiger partial charge in [-0.1, -0.05) is 6.07 Å². The molecule has 0 aromatic carbocycles. The molecule has 0 unspecified atom stereocenters. The number of rotatable bonds is 3. The van der Waals surface area contributed by atoms with Crippen LogP contribution in [0.4, 0.5) is 0 Å². The zero-order valence-electron chi connectivity index (χ0n) is 12.2. The lowest BCUT2D eigenvalue weighted by molar-refractivity contribution is 0.278. The molecule has 4 rings (SSSR count). The molecule has 0 saturated heterocycles. The SMILES string of the molecule is c1cncc(CN2CCc3ncnc(C4CC4)c3CC2)c1. The van der Waals surface area contributed by atoms with Crippen molar-refractivity contribution in [3.05, 3.63) is 53.4 Å². The minimum atomic E-state index is 0.714. The van der Waals surface area contributed by atoms with Crippen LogP contribution in [0.25, 0.3) is 0 Å². The number of aromatic nitrogens is 3. The van der Waals surface area contributed by atoms with Crippen molar-refractivity contribution in [3.8, 4) is 0 Å². The van der Waals surface area contributed by atoms with Crippen molar-refractivity contribution in [2.45, 2.75) is 38.1 Å². The number of fused-ring (bicyclic) bond motifs is 1. The third-order valence-electron chi connectivity index (χ3n) is 4.50. The molecule has 4 nitrogen and oxygen atoms in total. The van der Waals surface area contributed by atoms with Gasteiger partial charge in [0.25, 0.3) is 0 Å². The molecule has 0 bridgehead atoms. The van der Waals surface area contributed by atoms with Gasteiger partial charge in [0.05, 0.1) is 5.69 Å². The van der Waals surface area contributed by atoms with E-state index >= 15 is 0 Å². The van der Waals surface area contributed by atoms with Crippen molar-refractivity contribution in [1.82, 2.24) is 19.9 Å². The molecule has 0 amide bonds. The topological polar surface area (TPSA) is 41.9 Å². The minimum absolute atomic E-state index is 0.714. The summed E-state index contributed by atoms with van der Waals surface area (Å²) in [5.41, 5.74) is 5.34. The second kappa shape index (κ2) is 5.53. The van der Waals surface area contributed by atoms with E-state index in [0.717, 1.165) is 32.5 Å². The molecule has 21 heavy (non-hydrogen) atoms. The summed E-state index contributed by atoms with van der Waals surface area (Å²) < 4.78 is 0. The maximum absolute atomic E-state index is 4.57. The highest BCUT2D eigenvalue weighted by atomic mass is 15.1. The van der Waals surface area contributed by atoms with Crippen molar-refractivity contribution in [2.24, 2.45) is 0 Å². The van der Waals surface area contributed by atoms with Crippen LogP contribution in [0.3, 0.4) is 0 Å². The molecule has 1 saturated carbocycles. The number of hydrogen-bond donors (Lipinski definition) is 0. The molecule has 1 aliphatic carbocycles. The maximum Gasteiger partial charge on any atom is 0.115 e. The van der Waals surface area contributed by atoms with Gasteiger partial charge in [-0.05, 0) is 36.5 Å². The summed E-state index contributed by atoms with van der Waals surface area (Å²) >= 11 is 0. The Kier molecular flexibility index (Phi) is 3.39. The maximum atomic E-state index is 4.57. The zero-order chi connectivity index (χ0) is 14.1. The largest absolute Gasteiger partial charge is 0.298 e. The van der Waals surface area contributed by atoms with Crippen molar-refractivity contribution < 1.29 is 0 Å². The van der Waals surface area contributed by atoms with Gasteiger partial charge in [-0.2, -0.15) is 0 Å². The predicted octanol–water partition coefficient (Wildman–Crippen LogP) is 2.35. The van der Waals surface area contributed by atoms with Crippen LogP contribution in [0, 0.1) is 0 Å². The molecule has 1 fully saturated rings. The summed E-state index contributed by atoms with van der Waals surface area (Å²) in [5, 5.41) is 0. The van der Waals surface area contributed by atoms with Crippen LogP contribution < -0.4 is 0 Å². The number of pyridine rings is 1. The average molecular weight is 280 g/mol. The van der Waals surface area contributed by atoms with E-state index in [1.165, 1.54) is 35.4 Å². The molecule has 0 radical (unpaired) electrons. The Morgan fingerprint density at radius 2 is 2.05 bits per heavy atom. The van der Waals surface area contributed by atoms with E-state index in [0.29, 0.717) is 5.92 Å². The average Bonchev–Trinajstić information content (AvgIpc) is 3.36. The second-order valence-electron chi connectivity index (χ2n) is 6.10. The van der Waals surface area contributed by atoms with Crippen LogP contribution in [-0.2, 0) is 19.4 Å². The standard InChI is InChI=1S/C17H20N4/c1-2-13(10-18-7-1)11-21-8-5-15-16(6-9-21)19-12-20-17(15)14-3-4-14/h1-2,7,10,12,14H,3-6,8-9,11H2. The van der Waals surface area contributed by atoms with Gasteiger partial charge in [0.1, 0.15) is 6.33 Å². The molecule has 2 aliphatic rings. The van der Waals surface area contributed by atoms with E-state index in [4.69, 9.17) is 0 Å². The first kappa shape index (κ1) is 12.9. The Labute approximate surface area is 125 Å². The molecule has 0 N–H and O–H groups in total. The van der Waals surface area contributed by atoms with Gasteiger partial charge in [0, 0.05) is 50.1 Å². The number of hydrogen-bond acceptors (Lipinski definition) is 4. The highest BCUT2D eigenvalue weighted by molar-refractivity contribution is 5.31. The molecule has 3 heterocycles. The smallest absolute Gasteiger partial charge is 0.115 e. The van der Waals surface area contributed by atoms with E-state index in [2.05, 4.69) is 25.9 Å². The summed E-state index contributed by atoms with van der Waals surface area (Å²) in [7, 11) is 0. The Bertz CT molecular complexity index is 622. The molecule has 108 valence electrons. The second-order valence-corrected chi connectivity index (χ2v) is 6.10. The van der Waals surface area contributed by atoms with Gasteiger partial charge in [-0.15, -0.1) is 0 Å². The lowest BCUT2D eigenvalue weighted by Crippen LogP contribution is -2.26. The van der Waals surface area contributed by atoms with Crippen LogP contribution in [0.15, 0.2) is 30.9 Å². The molecule has 2 aromatic rings. The molecule has 0 atom stereocenters. The van der Waals surface area contributed by atoms with Crippen LogP contribution in [-0.4, -0.2) is 32.9 Å². The highest BCUT2D eigenvalue weighted by Crippen LogP contribution is 2.41. The molecule has 1 aliphatic heterocycles. The lowest BCUT2D eigenvalue weighted by Gasteiger charge is -2.19. The first-order chi connectivity index (χ1) is 10.4. The van der Waals surface area contributed by atoms with Crippen molar-refractivity contribution in [1.29, 1.82) is 0 Å². The minimum Gasteiger partial charge on any atom is -0.298 e. The summed E-state index contributed by atoms with van der Waals surface area (Å²) in [4.78, 5) is 15.8. The van der Waals surface area contributed by atoms with Gasteiger partial charge in [-0.3, -0.25) is 9.88 Å². The molecule has 4 heteroatoms. The van der Waals surface area contributed by atoms with Crippen molar-refractivity contribution >= 4 is 0 Å². The van der Waals surface area contributed by atoms with Gasteiger partial charge in [-0.25, -0.2) is 9.97 Å². The first-order valence-electron chi connectivity index (χ1n) is 7.84. The highest BCUT2D eigenvalue weighted by Gasteiger charge is 2.29. The quantitative estimate of drug-likeness (QED) is 0.865. The molecular formula is C17H20N4. The van der Waals surface area contributed by atoms with Crippen LogP contribution in [0.2, 0.25) is 0 Å². The summed E-state index contributed by atoms with van der Waals surface area (Å²) in [6.07, 6.45) is 10.3. The first-order valence-corrected chi connectivity index (χ1v) is 7.84. The lowest BCUT2D eigenvalue weighted by atomic mass is 10.0. The fraction of sp³-hybridized carbons (Fsp3) is 0.471. The van der Waals surface area contributed by atoms with Gasteiger partial charge in [0.2, 0.25) is 0 Å². The third-order valence-corrected chi connectivity index (χ3v) is 4.50. The Morgan fingerprint density at radius 3 is 2.86 bits per heavy atom. The van der Waals surface area contributed by atoms with Gasteiger partial charge < -0.3 is 0 Å². The molecular weight excluding hydrogens is 260 g/mol. The van der Waals surface area contributed by atoms with E-state index in [9.17, 15) is 0 Å². The van der Waals surface area contributed by atoms with Crippen LogP contribution in [0.1, 0.15) is 41.3 Å². The predicted molar refractivity (Wildman–Crippen MR) is 80.9 cm³/mol.